The summed E-state index contributed by atoms with van der Waals surface area (Å²) in [6.07, 6.45) is -0.0734. The first kappa shape index (κ1) is 19.8. The van der Waals surface area contributed by atoms with E-state index in [0.29, 0.717) is 0 Å². The van der Waals surface area contributed by atoms with E-state index in [1.54, 1.807) is 0 Å². The topological polar surface area (TPSA) is 93.5 Å². The van der Waals surface area contributed by atoms with Crippen molar-refractivity contribution in [3.05, 3.63) is 33.1 Å². The molecule has 136 valence electrons. The van der Waals surface area contributed by atoms with Crippen LogP contribution in [0.5, 0.6) is 0 Å². The average Bonchev–Trinajstić information content (AvgIpc) is 2.74. The number of alkyl halides is 1. The minimum absolute atomic E-state index is 0.00116. The zero-order valence-electron chi connectivity index (χ0n) is 14.6. The van der Waals surface area contributed by atoms with E-state index in [1.165, 1.54) is 16.8 Å². The van der Waals surface area contributed by atoms with Gasteiger partial charge in [0.15, 0.2) is 14.5 Å². The van der Waals surface area contributed by atoms with Crippen LogP contribution in [0.3, 0.4) is 0 Å². The lowest BCUT2D eigenvalue weighted by molar-refractivity contribution is -0.0502. The van der Waals surface area contributed by atoms with Gasteiger partial charge in [0.05, 0.1) is 16.6 Å². The standard InChI is InChI=1S/C15H25IN2O5Si/c1-15(2,3)24(4,5)23-12-11(16)9(8-19)22-13(12)18-7-6-10(20)17-14(18)21/h6-7,9,11-13,19H,8H2,1-5H3,(H,17,20,21)/t9-,11?,12?,13-/m1/s1. The molecule has 0 aromatic carbocycles. The lowest BCUT2D eigenvalue weighted by Crippen LogP contribution is -2.48. The Bertz CT molecular complexity index is 696. The van der Waals surface area contributed by atoms with Crippen molar-refractivity contribution in [3.63, 3.8) is 0 Å². The molecule has 0 bridgehead atoms. The van der Waals surface area contributed by atoms with Crippen molar-refractivity contribution in [1.82, 2.24) is 9.55 Å². The van der Waals surface area contributed by atoms with Gasteiger partial charge in [0, 0.05) is 12.3 Å². The fraction of sp³-hybridized carbons (Fsp3) is 0.733. The van der Waals surface area contributed by atoms with E-state index >= 15 is 0 Å². The number of halogens is 1. The molecule has 24 heavy (non-hydrogen) atoms. The molecule has 2 unspecified atom stereocenters. The van der Waals surface area contributed by atoms with Crippen LogP contribution in [0, 0.1) is 0 Å². The van der Waals surface area contributed by atoms with Crippen molar-refractivity contribution >= 4 is 30.9 Å². The lowest BCUT2D eigenvalue weighted by Gasteiger charge is -2.40. The zero-order valence-corrected chi connectivity index (χ0v) is 17.7. The van der Waals surface area contributed by atoms with Gasteiger partial charge in [-0.3, -0.25) is 14.3 Å². The van der Waals surface area contributed by atoms with Crippen LogP contribution < -0.4 is 11.2 Å². The number of aliphatic hydroxyl groups is 1. The summed E-state index contributed by atoms with van der Waals surface area (Å²) in [5, 5.41) is 9.57. The zero-order chi connectivity index (χ0) is 18.3. The van der Waals surface area contributed by atoms with Crippen molar-refractivity contribution in [1.29, 1.82) is 0 Å². The third-order valence-corrected chi connectivity index (χ3v) is 10.8. The first-order chi connectivity index (χ1) is 11.0. The molecule has 1 aliphatic rings. The van der Waals surface area contributed by atoms with Gasteiger partial charge < -0.3 is 14.3 Å². The SMILES string of the molecule is CC(C)(C)[Si](C)(C)OC1C(I)[C@@H](CO)O[C@H]1n1ccc(=O)[nH]c1=O. The fourth-order valence-corrected chi connectivity index (χ4v) is 4.81. The maximum absolute atomic E-state index is 12.2. The molecule has 1 aromatic rings. The molecule has 1 fully saturated rings. The highest BCUT2D eigenvalue weighted by molar-refractivity contribution is 14.1. The van der Waals surface area contributed by atoms with Gasteiger partial charge in [-0.1, -0.05) is 43.4 Å². The number of rotatable bonds is 4. The van der Waals surface area contributed by atoms with E-state index in [0.717, 1.165) is 0 Å². The molecule has 1 aromatic heterocycles. The van der Waals surface area contributed by atoms with E-state index in [-0.39, 0.29) is 21.7 Å². The Morgan fingerprint density at radius 3 is 2.54 bits per heavy atom. The maximum Gasteiger partial charge on any atom is 0.330 e. The minimum atomic E-state index is -2.11. The first-order valence-corrected chi connectivity index (χ1v) is 12.0. The number of aliphatic hydroxyl groups excluding tert-OH is 1. The quantitative estimate of drug-likeness (QED) is 0.398. The van der Waals surface area contributed by atoms with Crippen LogP contribution in [0.2, 0.25) is 18.1 Å². The molecule has 0 radical (unpaired) electrons. The molecule has 4 atom stereocenters. The van der Waals surface area contributed by atoms with Crippen LogP contribution in [0.4, 0.5) is 0 Å². The van der Waals surface area contributed by atoms with Crippen LogP contribution >= 0.6 is 22.6 Å². The Kier molecular flexibility index (Phi) is 5.80. The summed E-state index contributed by atoms with van der Waals surface area (Å²) >= 11 is 2.21. The number of H-pyrrole nitrogens is 1. The molecule has 0 amide bonds. The smallest absolute Gasteiger partial charge is 0.330 e. The molecular formula is C15H25IN2O5Si. The molecule has 2 heterocycles. The normalized spacial score (nSPS) is 28.3. The lowest BCUT2D eigenvalue weighted by atomic mass is 10.2. The molecule has 2 rings (SSSR count). The highest BCUT2D eigenvalue weighted by atomic mass is 127. The second kappa shape index (κ2) is 7.02. The predicted molar refractivity (Wildman–Crippen MR) is 102 cm³/mol. The molecular weight excluding hydrogens is 443 g/mol. The van der Waals surface area contributed by atoms with Crippen LogP contribution in [-0.4, -0.2) is 45.7 Å². The number of hydrogen-bond acceptors (Lipinski definition) is 5. The monoisotopic (exact) mass is 468 g/mol. The van der Waals surface area contributed by atoms with Crippen molar-refractivity contribution < 1.29 is 14.3 Å². The third kappa shape index (κ3) is 3.84. The Hall–Kier alpha value is -0.493. The summed E-state index contributed by atoms with van der Waals surface area (Å²) < 4.78 is 13.6. The highest BCUT2D eigenvalue weighted by Crippen LogP contribution is 2.43. The fourth-order valence-electron chi connectivity index (χ4n) is 2.34. The average molecular weight is 468 g/mol. The predicted octanol–water partition coefficient (Wildman–Crippen LogP) is 1.62. The summed E-state index contributed by atoms with van der Waals surface area (Å²) in [6.45, 7) is 10.5. The Morgan fingerprint density at radius 1 is 1.42 bits per heavy atom. The van der Waals surface area contributed by atoms with Crippen LogP contribution in [0.25, 0.3) is 0 Å². The van der Waals surface area contributed by atoms with Gasteiger partial charge in [-0.05, 0) is 18.1 Å². The summed E-state index contributed by atoms with van der Waals surface area (Å²) in [5.74, 6) is 0. The van der Waals surface area contributed by atoms with E-state index < -0.39 is 31.9 Å². The van der Waals surface area contributed by atoms with Crippen molar-refractivity contribution in [2.24, 2.45) is 0 Å². The molecule has 7 nitrogen and oxygen atoms in total. The molecule has 0 saturated carbocycles. The van der Waals surface area contributed by atoms with Crippen LogP contribution in [0.15, 0.2) is 21.9 Å². The number of ether oxygens (including phenoxy) is 1. The first-order valence-electron chi connectivity index (χ1n) is 7.87. The number of aromatic nitrogens is 2. The summed E-state index contributed by atoms with van der Waals surface area (Å²) in [5.41, 5.74) is -1.00. The second-order valence-corrected chi connectivity index (χ2v) is 13.7. The largest absolute Gasteiger partial charge is 0.408 e. The Labute approximate surface area is 155 Å². The van der Waals surface area contributed by atoms with Gasteiger partial charge >= 0.3 is 5.69 Å². The summed E-state index contributed by atoms with van der Waals surface area (Å²) in [6, 6.07) is 1.28. The van der Waals surface area contributed by atoms with Gasteiger partial charge in [-0.15, -0.1) is 0 Å². The molecule has 2 N–H and O–H groups in total. The number of aromatic amines is 1. The van der Waals surface area contributed by atoms with E-state index in [9.17, 15) is 14.7 Å². The number of nitrogens with one attached hydrogen (secondary N) is 1. The molecule has 1 saturated heterocycles. The van der Waals surface area contributed by atoms with Gasteiger partial charge in [0.25, 0.3) is 5.56 Å². The number of hydrogen-bond donors (Lipinski definition) is 2. The Morgan fingerprint density at radius 2 is 2.04 bits per heavy atom. The van der Waals surface area contributed by atoms with Crippen LogP contribution in [0.1, 0.15) is 27.0 Å². The van der Waals surface area contributed by atoms with E-state index in [4.69, 9.17) is 9.16 Å². The maximum atomic E-state index is 12.2. The van der Waals surface area contributed by atoms with Gasteiger partial charge in [-0.25, -0.2) is 4.79 Å². The molecule has 9 heteroatoms. The third-order valence-electron chi connectivity index (χ3n) is 4.81. The summed E-state index contributed by atoms with van der Waals surface area (Å²) in [4.78, 5) is 25.7. The van der Waals surface area contributed by atoms with Crippen molar-refractivity contribution in [3.8, 4) is 0 Å². The van der Waals surface area contributed by atoms with Crippen LogP contribution in [-0.2, 0) is 9.16 Å². The van der Waals surface area contributed by atoms with Crippen molar-refractivity contribution in [2.45, 2.75) is 61.3 Å². The van der Waals surface area contributed by atoms with Gasteiger partial charge in [0.2, 0.25) is 0 Å². The molecule has 0 aliphatic carbocycles. The second-order valence-electron chi connectivity index (χ2n) is 7.55. The van der Waals surface area contributed by atoms with Gasteiger partial charge in [-0.2, -0.15) is 0 Å². The molecule has 1 aliphatic heterocycles. The Balaban J connectivity index is 2.41. The molecule has 0 spiro atoms. The highest BCUT2D eigenvalue weighted by Gasteiger charge is 2.49. The van der Waals surface area contributed by atoms with E-state index in [2.05, 4.69) is 61.4 Å². The number of nitrogens with zero attached hydrogens (tertiary/aromatic N) is 1. The minimum Gasteiger partial charge on any atom is -0.408 e. The van der Waals surface area contributed by atoms with Gasteiger partial charge in [0.1, 0.15) is 6.10 Å². The van der Waals surface area contributed by atoms with Crippen molar-refractivity contribution in [2.75, 3.05) is 6.61 Å². The van der Waals surface area contributed by atoms with E-state index in [1.807, 2.05) is 0 Å². The summed E-state index contributed by atoms with van der Waals surface area (Å²) in [7, 11) is -2.11.